The van der Waals surface area contributed by atoms with E-state index in [1.54, 1.807) is 0 Å². The van der Waals surface area contributed by atoms with Gasteiger partial charge in [0.15, 0.2) is 0 Å². The van der Waals surface area contributed by atoms with Crippen LogP contribution in [0.4, 0.5) is 0 Å². The zero-order valence-electron chi connectivity index (χ0n) is 10.5. The molecule has 0 N–H and O–H groups in total. The van der Waals surface area contributed by atoms with Gasteiger partial charge in [-0.15, -0.1) is 0 Å². The molecule has 16 heavy (non-hydrogen) atoms. The Balaban J connectivity index is 2.97. The van der Waals surface area contributed by atoms with Crippen molar-refractivity contribution in [1.29, 1.82) is 0 Å². The average Bonchev–Trinajstić information content (AvgIpc) is 2.14. The van der Waals surface area contributed by atoms with Crippen LogP contribution in [0.25, 0.3) is 0 Å². The van der Waals surface area contributed by atoms with Gasteiger partial charge in [0.1, 0.15) is 5.15 Å². The van der Waals surface area contributed by atoms with Gasteiger partial charge in [0.2, 0.25) is 9.04 Å². The van der Waals surface area contributed by atoms with E-state index in [2.05, 4.69) is 38.8 Å². The van der Waals surface area contributed by atoms with Crippen molar-refractivity contribution in [3.63, 3.8) is 0 Å². The highest BCUT2D eigenvalue weighted by Gasteiger charge is 2.28. The van der Waals surface area contributed by atoms with Gasteiger partial charge in [0.05, 0.1) is 6.10 Å². The predicted octanol–water partition coefficient (Wildman–Crippen LogP) is 4.09. The predicted molar refractivity (Wildman–Crippen MR) is 70.0 cm³/mol. The molecule has 0 aliphatic rings. The lowest BCUT2D eigenvalue weighted by Crippen LogP contribution is -2.25. The minimum absolute atomic E-state index is 0.0669. The van der Waals surface area contributed by atoms with E-state index in [1.165, 1.54) is 0 Å². The molecule has 0 aromatic carbocycles. The molecule has 4 heteroatoms. The molecule has 0 saturated heterocycles. The van der Waals surface area contributed by atoms with E-state index in [0.29, 0.717) is 5.15 Å². The molecule has 1 atom stereocenters. The first-order chi connectivity index (χ1) is 7.30. The molecule has 1 aromatic rings. The Morgan fingerprint density at radius 1 is 1.31 bits per heavy atom. The molecule has 1 aromatic heterocycles. The Morgan fingerprint density at radius 3 is 2.31 bits per heavy atom. The molecule has 0 fully saturated rings. The highest BCUT2D eigenvalue weighted by Crippen LogP contribution is 2.36. The van der Waals surface area contributed by atoms with Crippen LogP contribution >= 0.6 is 11.6 Å². The van der Waals surface area contributed by atoms with Gasteiger partial charge in [-0.2, -0.15) is 0 Å². The van der Waals surface area contributed by atoms with Crippen molar-refractivity contribution in [2.45, 2.75) is 40.0 Å². The maximum Gasteiger partial charge on any atom is 0.205 e. The van der Waals surface area contributed by atoms with Crippen LogP contribution in [0.5, 0.6) is 0 Å². The molecule has 1 radical (unpaired) electrons. The van der Waals surface area contributed by atoms with Crippen LogP contribution in [0.15, 0.2) is 18.3 Å². The van der Waals surface area contributed by atoms with Gasteiger partial charge in [0, 0.05) is 6.20 Å². The molecule has 0 bridgehead atoms. The summed E-state index contributed by atoms with van der Waals surface area (Å²) >= 11 is 5.79. The van der Waals surface area contributed by atoms with Crippen molar-refractivity contribution in [3.8, 4) is 0 Å². The molecular formula is C12H19ClNOSi. The lowest BCUT2D eigenvalue weighted by molar-refractivity contribution is 0.0863. The SMILES string of the molecule is C[Si](C)OC(c1ccc(Cl)nc1)C(C)(C)C. The third-order valence-electron chi connectivity index (χ3n) is 2.19. The van der Waals surface area contributed by atoms with Gasteiger partial charge >= 0.3 is 0 Å². The van der Waals surface area contributed by atoms with E-state index < -0.39 is 9.04 Å². The van der Waals surface area contributed by atoms with Gasteiger partial charge in [-0.25, -0.2) is 4.98 Å². The summed E-state index contributed by atoms with van der Waals surface area (Å²) in [6, 6.07) is 3.81. The number of hydrogen-bond donors (Lipinski definition) is 0. The van der Waals surface area contributed by atoms with Crippen LogP contribution in [0.1, 0.15) is 32.4 Å². The maximum atomic E-state index is 6.06. The van der Waals surface area contributed by atoms with Gasteiger partial charge < -0.3 is 4.43 Å². The van der Waals surface area contributed by atoms with Crippen LogP contribution in [0.2, 0.25) is 18.2 Å². The quantitative estimate of drug-likeness (QED) is 0.600. The van der Waals surface area contributed by atoms with Crippen molar-refractivity contribution in [2.75, 3.05) is 0 Å². The molecule has 0 aliphatic carbocycles. The summed E-state index contributed by atoms with van der Waals surface area (Å²) in [6.07, 6.45) is 1.89. The van der Waals surface area contributed by atoms with Crippen LogP contribution in [-0.4, -0.2) is 14.0 Å². The number of halogens is 1. The van der Waals surface area contributed by atoms with Crippen molar-refractivity contribution in [2.24, 2.45) is 5.41 Å². The molecule has 0 saturated carbocycles. The molecule has 1 unspecified atom stereocenters. The van der Waals surface area contributed by atoms with Crippen LogP contribution in [0.3, 0.4) is 0 Å². The summed E-state index contributed by atoms with van der Waals surface area (Å²) in [7, 11) is -0.734. The van der Waals surface area contributed by atoms with E-state index in [-0.39, 0.29) is 11.5 Å². The first-order valence-electron chi connectivity index (χ1n) is 5.39. The van der Waals surface area contributed by atoms with E-state index >= 15 is 0 Å². The highest BCUT2D eigenvalue weighted by atomic mass is 35.5. The van der Waals surface area contributed by atoms with Crippen LogP contribution in [-0.2, 0) is 4.43 Å². The molecule has 0 aliphatic heterocycles. The van der Waals surface area contributed by atoms with Gasteiger partial charge in [-0.3, -0.25) is 0 Å². The standard InChI is InChI=1S/C12H19ClNOSi/c1-12(2,3)11(15-16(4)5)9-6-7-10(13)14-8-9/h6-8,11H,1-5H3. The lowest BCUT2D eigenvalue weighted by Gasteiger charge is -2.32. The van der Waals surface area contributed by atoms with Crippen LogP contribution in [0, 0.1) is 5.41 Å². The summed E-state index contributed by atoms with van der Waals surface area (Å²) in [5.74, 6) is 0. The summed E-state index contributed by atoms with van der Waals surface area (Å²) in [4.78, 5) is 4.12. The van der Waals surface area contributed by atoms with Crippen molar-refractivity contribution in [3.05, 3.63) is 29.0 Å². The van der Waals surface area contributed by atoms with E-state index in [0.717, 1.165) is 5.56 Å². The van der Waals surface area contributed by atoms with Crippen molar-refractivity contribution >= 4 is 20.6 Å². The zero-order valence-corrected chi connectivity index (χ0v) is 12.3. The molecular weight excluding hydrogens is 238 g/mol. The number of hydrogen-bond acceptors (Lipinski definition) is 2. The molecule has 1 heterocycles. The van der Waals surface area contributed by atoms with E-state index in [9.17, 15) is 0 Å². The van der Waals surface area contributed by atoms with E-state index in [4.69, 9.17) is 16.0 Å². The van der Waals surface area contributed by atoms with Gasteiger partial charge in [-0.1, -0.05) is 38.4 Å². The number of pyridine rings is 1. The number of rotatable bonds is 3. The molecule has 0 amide bonds. The summed E-state index contributed by atoms with van der Waals surface area (Å²) in [5, 5.41) is 0.523. The maximum absolute atomic E-state index is 6.06. The largest absolute Gasteiger partial charge is 0.410 e. The topological polar surface area (TPSA) is 22.1 Å². The minimum Gasteiger partial charge on any atom is -0.410 e. The third-order valence-corrected chi connectivity index (χ3v) is 3.12. The summed E-state index contributed by atoms with van der Waals surface area (Å²) < 4.78 is 6.06. The highest BCUT2D eigenvalue weighted by molar-refractivity contribution is 6.48. The summed E-state index contributed by atoms with van der Waals surface area (Å²) in [5.41, 5.74) is 1.17. The van der Waals surface area contributed by atoms with Gasteiger partial charge in [0.25, 0.3) is 0 Å². The summed E-state index contributed by atoms with van der Waals surface area (Å²) in [6.45, 7) is 10.8. The molecule has 2 nitrogen and oxygen atoms in total. The van der Waals surface area contributed by atoms with Crippen molar-refractivity contribution < 1.29 is 4.43 Å². The van der Waals surface area contributed by atoms with E-state index in [1.807, 2.05) is 18.3 Å². The Bertz CT molecular complexity index is 332. The normalized spacial score (nSPS) is 14.2. The number of nitrogens with zero attached hydrogens (tertiary/aromatic N) is 1. The lowest BCUT2D eigenvalue weighted by atomic mass is 9.85. The third kappa shape index (κ3) is 3.89. The average molecular weight is 257 g/mol. The fraction of sp³-hybridized carbons (Fsp3) is 0.583. The Labute approximate surface area is 105 Å². The van der Waals surface area contributed by atoms with Crippen molar-refractivity contribution in [1.82, 2.24) is 4.98 Å². The van der Waals surface area contributed by atoms with Gasteiger partial charge in [-0.05, 0) is 30.1 Å². The fourth-order valence-electron chi connectivity index (χ4n) is 1.52. The molecule has 1 rings (SSSR count). The first kappa shape index (κ1) is 13.7. The monoisotopic (exact) mass is 256 g/mol. The fourth-order valence-corrected chi connectivity index (χ4v) is 2.60. The molecule has 89 valence electrons. The smallest absolute Gasteiger partial charge is 0.205 e. The Morgan fingerprint density at radius 2 is 1.94 bits per heavy atom. The second kappa shape index (κ2) is 5.30. The Hall–Kier alpha value is -0.383. The van der Waals surface area contributed by atoms with Crippen LogP contribution < -0.4 is 0 Å². The zero-order chi connectivity index (χ0) is 12.3. The number of aromatic nitrogens is 1. The second-order valence-corrected chi connectivity index (χ2v) is 7.63. The second-order valence-electron chi connectivity index (χ2n) is 5.19. The first-order valence-corrected chi connectivity index (χ1v) is 8.17. The molecule has 0 spiro atoms. The Kier molecular flexibility index (Phi) is 4.53. The minimum atomic E-state index is -0.734.